The Morgan fingerprint density at radius 2 is 1.94 bits per heavy atom. The van der Waals surface area contributed by atoms with E-state index in [-0.39, 0.29) is 36.3 Å². The van der Waals surface area contributed by atoms with Gasteiger partial charge in [-0.15, -0.1) is 11.8 Å². The van der Waals surface area contributed by atoms with E-state index in [2.05, 4.69) is 40.4 Å². The lowest BCUT2D eigenvalue weighted by molar-refractivity contribution is -0.187. The van der Waals surface area contributed by atoms with Gasteiger partial charge in [0, 0.05) is 17.3 Å². The largest absolute Gasteiger partial charge is 0.391 e. The zero-order valence-electron chi connectivity index (χ0n) is 18.4. The fourth-order valence-electron chi connectivity index (χ4n) is 5.35. The predicted octanol–water partition coefficient (Wildman–Crippen LogP) is 2.77. The van der Waals surface area contributed by atoms with Gasteiger partial charge in [-0.2, -0.15) is 13.2 Å². The van der Waals surface area contributed by atoms with E-state index in [1.165, 1.54) is 0 Å². The molecule has 7 atom stereocenters. The van der Waals surface area contributed by atoms with Crippen LogP contribution in [0.1, 0.15) is 58.3 Å². The summed E-state index contributed by atoms with van der Waals surface area (Å²) in [4.78, 5) is 15.2. The maximum atomic E-state index is 13.5. The van der Waals surface area contributed by atoms with E-state index in [4.69, 9.17) is 0 Å². The highest BCUT2D eigenvalue weighted by molar-refractivity contribution is 8.00. The van der Waals surface area contributed by atoms with Crippen LogP contribution in [-0.4, -0.2) is 59.6 Å². The predicted molar refractivity (Wildman–Crippen MR) is 116 cm³/mol. The third-order valence-corrected chi connectivity index (χ3v) is 9.02. The first kappa shape index (κ1) is 23.6. The van der Waals surface area contributed by atoms with Gasteiger partial charge in [0.05, 0.1) is 18.6 Å². The Hall–Kier alpha value is -0.550. The van der Waals surface area contributed by atoms with Crippen molar-refractivity contribution in [2.45, 2.75) is 93.3 Å². The highest BCUT2D eigenvalue weighted by Crippen LogP contribution is 2.43. The summed E-state index contributed by atoms with van der Waals surface area (Å²) in [6.07, 6.45) is 1.65. The van der Waals surface area contributed by atoms with Crippen LogP contribution in [0, 0.1) is 17.8 Å². The Kier molecular flexibility index (Phi) is 7.42. The van der Waals surface area contributed by atoms with Crippen molar-refractivity contribution >= 4 is 17.7 Å². The van der Waals surface area contributed by atoms with Gasteiger partial charge in [-0.3, -0.25) is 9.69 Å². The minimum Gasteiger partial charge on any atom is -0.352 e. The molecule has 2 saturated heterocycles. The Labute approximate surface area is 187 Å². The third kappa shape index (κ3) is 6.07. The van der Waals surface area contributed by atoms with Crippen LogP contribution in [0.5, 0.6) is 0 Å². The fraction of sp³-hybridized carbons (Fsp3) is 0.952. The summed E-state index contributed by atoms with van der Waals surface area (Å²) in [6, 6.07) is -0.870. The molecule has 31 heavy (non-hydrogen) atoms. The van der Waals surface area contributed by atoms with Crippen molar-refractivity contribution in [3.63, 3.8) is 0 Å². The van der Waals surface area contributed by atoms with E-state index in [9.17, 15) is 18.0 Å². The van der Waals surface area contributed by atoms with Crippen molar-refractivity contribution in [3.8, 4) is 0 Å². The maximum absolute atomic E-state index is 13.5. The molecular weight excluding hydrogens is 427 g/mol. The molecule has 0 radical (unpaired) electrons. The topological polar surface area (TPSA) is 68.4 Å². The number of piperidine rings is 1. The highest BCUT2D eigenvalue weighted by atomic mass is 32.2. The molecule has 4 rings (SSSR count). The standard InChI is InChI=1S/C21H36F3N5OS/c1-12(31-20-28-25-11-29(20)2)14-4-3-5-16(8-14)26-19(30)18-10-15(21(22,23)24)9-17(27-18)13-6-7-13/h12-18,20,25,27-28H,3-11H2,1-2H3,(H,26,30)/t12-,14?,15?,16?,17?,18?,20?/m0/s1. The van der Waals surface area contributed by atoms with Crippen molar-refractivity contribution in [2.75, 3.05) is 13.7 Å². The van der Waals surface area contributed by atoms with E-state index in [1.807, 2.05) is 11.8 Å². The number of hydrogen-bond acceptors (Lipinski definition) is 6. The first-order chi connectivity index (χ1) is 14.7. The number of carbonyl (C=O) groups is 1. The molecule has 6 unspecified atom stereocenters. The van der Waals surface area contributed by atoms with Gasteiger partial charge in [-0.1, -0.05) is 13.3 Å². The molecule has 4 fully saturated rings. The van der Waals surface area contributed by atoms with Crippen LogP contribution < -0.4 is 21.5 Å². The van der Waals surface area contributed by atoms with E-state index in [1.54, 1.807) is 0 Å². The molecule has 2 heterocycles. The number of alkyl halides is 3. The van der Waals surface area contributed by atoms with E-state index < -0.39 is 18.1 Å². The summed E-state index contributed by atoms with van der Waals surface area (Å²) in [7, 11) is 2.07. The van der Waals surface area contributed by atoms with Crippen LogP contribution in [-0.2, 0) is 4.79 Å². The minimum absolute atomic E-state index is 0.0501. The molecule has 0 spiro atoms. The second kappa shape index (κ2) is 9.75. The summed E-state index contributed by atoms with van der Waals surface area (Å²) < 4.78 is 40.4. The Morgan fingerprint density at radius 3 is 2.58 bits per heavy atom. The molecule has 1 amide bonds. The van der Waals surface area contributed by atoms with Crippen LogP contribution in [0.3, 0.4) is 0 Å². The van der Waals surface area contributed by atoms with Gasteiger partial charge < -0.3 is 10.6 Å². The molecule has 2 saturated carbocycles. The lowest BCUT2D eigenvalue weighted by atomic mass is 9.83. The highest BCUT2D eigenvalue weighted by Gasteiger charge is 2.49. The first-order valence-corrected chi connectivity index (χ1v) is 12.6. The monoisotopic (exact) mass is 463 g/mol. The number of nitrogens with zero attached hydrogens (tertiary/aromatic N) is 1. The maximum Gasteiger partial charge on any atom is 0.391 e. The summed E-state index contributed by atoms with van der Waals surface area (Å²) in [5.41, 5.74) is 6.64. The van der Waals surface area contributed by atoms with Gasteiger partial charge in [0.15, 0.2) is 0 Å². The lowest BCUT2D eigenvalue weighted by Crippen LogP contribution is -2.57. The van der Waals surface area contributed by atoms with Crippen molar-refractivity contribution in [1.29, 1.82) is 0 Å². The molecular formula is C21H36F3N5OS. The fourth-order valence-corrected chi connectivity index (χ4v) is 6.66. The average molecular weight is 464 g/mol. The molecule has 2 aliphatic heterocycles. The smallest absolute Gasteiger partial charge is 0.352 e. The molecule has 178 valence electrons. The molecule has 10 heteroatoms. The number of hydrogen-bond donors (Lipinski definition) is 4. The minimum atomic E-state index is -4.23. The SMILES string of the molecule is C[C@H](SC1NNCN1C)C1CCCC(NC(=O)C2CC(C(F)(F)F)CC(C3CC3)N2)C1. The van der Waals surface area contributed by atoms with Crippen LogP contribution in [0.4, 0.5) is 13.2 Å². The zero-order chi connectivity index (χ0) is 22.2. The first-order valence-electron chi connectivity index (χ1n) is 11.7. The molecule has 2 aliphatic carbocycles. The second-order valence-corrected chi connectivity index (χ2v) is 11.4. The summed E-state index contributed by atoms with van der Waals surface area (Å²) in [5.74, 6) is -0.836. The lowest BCUT2D eigenvalue weighted by Gasteiger charge is -2.38. The summed E-state index contributed by atoms with van der Waals surface area (Å²) in [6.45, 7) is 3.05. The Bertz CT molecular complexity index is 635. The van der Waals surface area contributed by atoms with E-state index in [0.717, 1.165) is 45.2 Å². The second-order valence-electron chi connectivity index (χ2n) is 9.94. The van der Waals surface area contributed by atoms with Gasteiger partial charge in [0.1, 0.15) is 5.50 Å². The van der Waals surface area contributed by atoms with Crippen molar-refractivity contribution in [3.05, 3.63) is 0 Å². The molecule has 0 aromatic heterocycles. The molecule has 0 aromatic carbocycles. The van der Waals surface area contributed by atoms with Gasteiger partial charge in [0.25, 0.3) is 0 Å². The summed E-state index contributed by atoms with van der Waals surface area (Å²) >= 11 is 1.89. The number of amides is 1. The van der Waals surface area contributed by atoms with Gasteiger partial charge in [-0.25, -0.2) is 10.9 Å². The van der Waals surface area contributed by atoms with Gasteiger partial charge in [0.2, 0.25) is 5.91 Å². The van der Waals surface area contributed by atoms with Crippen molar-refractivity contribution in [1.82, 2.24) is 26.4 Å². The number of thioether (sulfide) groups is 1. The normalized spacial score (nSPS) is 38.7. The van der Waals surface area contributed by atoms with E-state index >= 15 is 0 Å². The van der Waals surface area contributed by atoms with Crippen molar-refractivity contribution in [2.24, 2.45) is 17.8 Å². The Balaban J connectivity index is 1.30. The van der Waals surface area contributed by atoms with Crippen LogP contribution in [0.25, 0.3) is 0 Å². The molecule has 4 aliphatic rings. The number of halogens is 3. The average Bonchev–Trinajstić information content (AvgIpc) is 3.51. The quantitative estimate of drug-likeness (QED) is 0.486. The number of rotatable bonds is 6. The van der Waals surface area contributed by atoms with Gasteiger partial charge >= 0.3 is 6.18 Å². The zero-order valence-corrected chi connectivity index (χ0v) is 19.2. The van der Waals surface area contributed by atoms with Crippen molar-refractivity contribution < 1.29 is 18.0 Å². The molecule has 6 nitrogen and oxygen atoms in total. The van der Waals surface area contributed by atoms with Crippen LogP contribution in [0.15, 0.2) is 0 Å². The van der Waals surface area contributed by atoms with Crippen LogP contribution in [0.2, 0.25) is 0 Å². The third-order valence-electron chi connectivity index (χ3n) is 7.47. The van der Waals surface area contributed by atoms with Gasteiger partial charge in [-0.05, 0) is 63.8 Å². The number of hydrazine groups is 1. The molecule has 0 bridgehead atoms. The molecule has 4 N–H and O–H groups in total. The van der Waals surface area contributed by atoms with E-state index in [0.29, 0.717) is 17.1 Å². The summed E-state index contributed by atoms with van der Waals surface area (Å²) in [5, 5.41) is 6.80. The Morgan fingerprint density at radius 1 is 1.16 bits per heavy atom. The number of nitrogens with one attached hydrogen (secondary N) is 4. The van der Waals surface area contributed by atoms with Crippen LogP contribution >= 0.6 is 11.8 Å². The number of carbonyl (C=O) groups excluding carboxylic acids is 1. The molecule has 0 aromatic rings.